The van der Waals surface area contributed by atoms with Gasteiger partial charge in [-0.25, -0.2) is 9.59 Å². The summed E-state index contributed by atoms with van der Waals surface area (Å²) < 4.78 is 17.9. The maximum atomic E-state index is 12.3. The minimum atomic E-state index is -2.10. The van der Waals surface area contributed by atoms with Crippen LogP contribution in [0.25, 0.3) is 0 Å². The summed E-state index contributed by atoms with van der Waals surface area (Å²) in [5.41, 5.74) is 0.784. The van der Waals surface area contributed by atoms with Crippen LogP contribution in [0.15, 0.2) is 11.1 Å². The molecule has 0 bridgehead atoms. The van der Waals surface area contributed by atoms with Crippen LogP contribution < -0.4 is 0 Å². The summed E-state index contributed by atoms with van der Waals surface area (Å²) in [7, 11) is -4.21. The van der Waals surface area contributed by atoms with Crippen molar-refractivity contribution in [3.05, 3.63) is 11.1 Å². The summed E-state index contributed by atoms with van der Waals surface area (Å²) >= 11 is 0. The van der Waals surface area contributed by atoms with E-state index in [1.165, 1.54) is 0 Å². The first-order valence-electron chi connectivity index (χ1n) is 9.34. The quantitative estimate of drug-likeness (QED) is 0.395. The molecule has 0 aromatic carbocycles. The lowest BCUT2D eigenvalue weighted by atomic mass is 10.1. The molecule has 1 aliphatic heterocycles. The Morgan fingerprint density at radius 2 is 1.08 bits per heavy atom. The Morgan fingerprint density at radius 3 is 1.35 bits per heavy atom. The van der Waals surface area contributed by atoms with E-state index in [0.717, 1.165) is 0 Å². The van der Waals surface area contributed by atoms with Gasteiger partial charge >= 0.3 is 11.9 Å². The SMILES string of the molecule is CC(C)(C)[Si](C)(C)O[C@H]1C[C@@H](O[Si](C)(C)C(C)(C)C)C2=C1C(=O)OC2=O. The van der Waals surface area contributed by atoms with Gasteiger partial charge in [0.2, 0.25) is 0 Å². The average Bonchev–Trinajstić information content (AvgIpc) is 2.86. The van der Waals surface area contributed by atoms with E-state index in [1.807, 2.05) is 0 Å². The fourth-order valence-electron chi connectivity index (χ4n) is 2.73. The molecule has 0 fully saturated rings. The van der Waals surface area contributed by atoms with Gasteiger partial charge in [-0.3, -0.25) is 0 Å². The molecule has 2 rings (SSSR count). The number of hydrogen-bond donors (Lipinski definition) is 0. The van der Waals surface area contributed by atoms with Gasteiger partial charge in [0.15, 0.2) is 16.6 Å². The molecule has 0 unspecified atom stereocenters. The lowest BCUT2D eigenvalue weighted by molar-refractivity contribution is -0.152. The van der Waals surface area contributed by atoms with Gasteiger partial charge in [-0.1, -0.05) is 41.5 Å². The van der Waals surface area contributed by atoms with Crippen molar-refractivity contribution in [1.82, 2.24) is 0 Å². The van der Waals surface area contributed by atoms with Crippen molar-refractivity contribution in [2.24, 2.45) is 0 Å². The van der Waals surface area contributed by atoms with Crippen LogP contribution in [-0.2, 0) is 23.2 Å². The summed E-state index contributed by atoms with van der Waals surface area (Å²) in [6.45, 7) is 21.5. The molecular weight excluding hydrogens is 364 g/mol. The van der Waals surface area contributed by atoms with Gasteiger partial charge in [0, 0.05) is 6.42 Å². The summed E-state index contributed by atoms with van der Waals surface area (Å²) in [5.74, 6) is -1.12. The van der Waals surface area contributed by atoms with Crippen molar-refractivity contribution in [1.29, 1.82) is 0 Å². The van der Waals surface area contributed by atoms with Gasteiger partial charge in [0.05, 0.1) is 23.4 Å². The van der Waals surface area contributed by atoms with E-state index in [4.69, 9.17) is 13.6 Å². The number of ether oxygens (including phenoxy) is 1. The minimum absolute atomic E-state index is 0.0125. The van der Waals surface area contributed by atoms with Crippen LogP contribution >= 0.6 is 0 Å². The van der Waals surface area contributed by atoms with Gasteiger partial charge in [-0.05, 0) is 36.3 Å². The predicted octanol–water partition coefficient (Wildman–Crippen LogP) is 4.55. The third-order valence-corrected chi connectivity index (χ3v) is 15.4. The highest BCUT2D eigenvalue weighted by Gasteiger charge is 2.53. The second-order valence-corrected chi connectivity index (χ2v) is 20.0. The Kier molecular flexibility index (Phi) is 5.29. The Labute approximate surface area is 159 Å². The smallest absolute Gasteiger partial charge is 0.345 e. The number of hydrogen-bond acceptors (Lipinski definition) is 5. The zero-order chi connectivity index (χ0) is 20.3. The molecule has 0 N–H and O–H groups in total. The Balaban J connectivity index is 2.34. The Bertz CT molecular complexity index is 596. The van der Waals surface area contributed by atoms with E-state index in [1.54, 1.807) is 0 Å². The molecule has 2 atom stereocenters. The molecule has 0 aromatic heterocycles. The minimum Gasteiger partial charge on any atom is -0.410 e. The van der Waals surface area contributed by atoms with Gasteiger partial charge in [0.25, 0.3) is 0 Å². The molecule has 2 aliphatic rings. The second-order valence-electron chi connectivity index (χ2n) is 10.5. The predicted molar refractivity (Wildman–Crippen MR) is 107 cm³/mol. The van der Waals surface area contributed by atoms with Crippen molar-refractivity contribution in [2.75, 3.05) is 0 Å². The molecule has 1 heterocycles. The Morgan fingerprint density at radius 1 is 0.769 bits per heavy atom. The maximum absolute atomic E-state index is 12.3. The maximum Gasteiger partial charge on any atom is 0.345 e. The van der Waals surface area contributed by atoms with E-state index in [-0.39, 0.29) is 10.1 Å². The van der Waals surface area contributed by atoms with Crippen LogP contribution in [0, 0.1) is 0 Å². The lowest BCUT2D eigenvalue weighted by Crippen LogP contribution is -2.46. The molecule has 148 valence electrons. The van der Waals surface area contributed by atoms with E-state index in [0.29, 0.717) is 17.6 Å². The zero-order valence-corrected chi connectivity index (χ0v) is 19.9. The summed E-state index contributed by atoms with van der Waals surface area (Å²) in [5, 5.41) is 0.0250. The molecule has 0 radical (unpaired) electrons. The van der Waals surface area contributed by atoms with Crippen LogP contribution in [0.3, 0.4) is 0 Å². The molecule has 5 nitrogen and oxygen atoms in total. The molecule has 0 spiro atoms. The molecule has 0 saturated heterocycles. The van der Waals surface area contributed by atoms with Crippen molar-refractivity contribution < 1.29 is 23.2 Å². The van der Waals surface area contributed by atoms with Crippen LogP contribution in [0.1, 0.15) is 48.0 Å². The monoisotopic (exact) mass is 398 g/mol. The lowest BCUT2D eigenvalue weighted by Gasteiger charge is -2.40. The summed E-state index contributed by atoms with van der Waals surface area (Å²) in [6.07, 6.45) is -0.316. The standard InChI is InChI=1S/C19H34O5Si2/c1-18(2,3)25(7,8)23-12-11-13(24-26(9,10)19(4,5)6)15-14(12)16(20)22-17(15)21/h12-13H,11H2,1-10H3/t12-,13+. The van der Waals surface area contributed by atoms with Crippen molar-refractivity contribution >= 4 is 28.6 Å². The molecule has 1 aliphatic carbocycles. The van der Waals surface area contributed by atoms with Crippen LogP contribution in [0.2, 0.25) is 36.3 Å². The Hall–Kier alpha value is -0.766. The van der Waals surface area contributed by atoms with Crippen LogP contribution in [-0.4, -0.2) is 40.8 Å². The largest absolute Gasteiger partial charge is 0.410 e. The molecule has 0 aromatic rings. The number of esters is 2. The fourth-order valence-corrected chi connectivity index (χ4v) is 5.29. The second kappa shape index (κ2) is 6.39. The number of carbonyl (C=O) groups is 2. The first kappa shape index (κ1) is 21.5. The van der Waals surface area contributed by atoms with Crippen LogP contribution in [0.5, 0.6) is 0 Å². The number of rotatable bonds is 4. The fraction of sp³-hybridized carbons (Fsp3) is 0.789. The van der Waals surface area contributed by atoms with E-state index in [2.05, 4.69) is 67.7 Å². The third-order valence-electron chi connectivity index (χ3n) is 6.47. The van der Waals surface area contributed by atoms with E-state index in [9.17, 15) is 9.59 Å². The topological polar surface area (TPSA) is 61.8 Å². The van der Waals surface area contributed by atoms with Crippen molar-refractivity contribution in [2.45, 2.75) is 96.4 Å². The summed E-state index contributed by atoms with van der Waals surface area (Å²) in [4.78, 5) is 24.6. The number of carbonyl (C=O) groups excluding carboxylic acids is 2. The first-order valence-corrected chi connectivity index (χ1v) is 15.2. The van der Waals surface area contributed by atoms with Crippen LogP contribution in [0.4, 0.5) is 0 Å². The molecule has 26 heavy (non-hydrogen) atoms. The van der Waals surface area contributed by atoms with Gasteiger partial charge in [-0.2, -0.15) is 0 Å². The van der Waals surface area contributed by atoms with E-state index < -0.39 is 40.8 Å². The third kappa shape index (κ3) is 3.76. The molecule has 7 heteroatoms. The molecular formula is C19H34O5Si2. The highest BCUT2D eigenvalue weighted by Crippen LogP contribution is 2.46. The summed E-state index contributed by atoms with van der Waals surface area (Å²) in [6, 6.07) is 0. The van der Waals surface area contributed by atoms with E-state index >= 15 is 0 Å². The normalized spacial score (nSPS) is 25.0. The highest BCUT2D eigenvalue weighted by atomic mass is 28.4. The highest BCUT2D eigenvalue weighted by molar-refractivity contribution is 6.74. The molecule has 0 amide bonds. The van der Waals surface area contributed by atoms with Gasteiger partial charge < -0.3 is 13.6 Å². The van der Waals surface area contributed by atoms with Crippen molar-refractivity contribution in [3.63, 3.8) is 0 Å². The average molecular weight is 399 g/mol. The first-order chi connectivity index (χ1) is 11.5. The van der Waals surface area contributed by atoms with Gasteiger partial charge in [0.1, 0.15) is 0 Å². The van der Waals surface area contributed by atoms with Gasteiger partial charge in [-0.15, -0.1) is 0 Å². The van der Waals surface area contributed by atoms with Crippen molar-refractivity contribution in [3.8, 4) is 0 Å². The molecule has 0 saturated carbocycles. The number of cyclic esters (lactones) is 2. The zero-order valence-electron chi connectivity index (χ0n) is 17.9.